The molecule has 3 aliphatic rings. The van der Waals surface area contributed by atoms with E-state index in [0.29, 0.717) is 5.41 Å². The molecule has 0 saturated carbocycles. The van der Waals surface area contributed by atoms with Crippen LogP contribution in [0.25, 0.3) is 0 Å². The topological polar surface area (TPSA) is 24.9 Å². The van der Waals surface area contributed by atoms with Gasteiger partial charge in [0.25, 0.3) is 0 Å². The molecule has 1 spiro atoms. The van der Waals surface area contributed by atoms with Crippen LogP contribution in [0.2, 0.25) is 0 Å². The lowest BCUT2D eigenvalue weighted by molar-refractivity contribution is 0.0283. The van der Waals surface area contributed by atoms with Crippen molar-refractivity contribution in [1.29, 1.82) is 0 Å². The zero-order valence-electron chi connectivity index (χ0n) is 13.0. The third-order valence-electron chi connectivity index (χ3n) is 5.53. The number of piperidine rings is 1. The lowest BCUT2D eigenvalue weighted by atomic mass is 9.79. The number of hydrogen-bond acceptors (Lipinski definition) is 4. The van der Waals surface area contributed by atoms with Gasteiger partial charge in [0.2, 0.25) is 0 Å². The zero-order chi connectivity index (χ0) is 13.8. The molecule has 0 amide bonds. The van der Waals surface area contributed by atoms with Crippen molar-refractivity contribution in [3.63, 3.8) is 0 Å². The van der Waals surface area contributed by atoms with Crippen molar-refractivity contribution >= 4 is 0 Å². The highest BCUT2D eigenvalue weighted by molar-refractivity contribution is 4.96. The second kappa shape index (κ2) is 6.73. The van der Waals surface area contributed by atoms with Gasteiger partial charge in [-0.1, -0.05) is 0 Å². The highest BCUT2D eigenvalue weighted by Crippen LogP contribution is 2.40. The summed E-state index contributed by atoms with van der Waals surface area (Å²) in [7, 11) is 1.81. The zero-order valence-corrected chi connectivity index (χ0v) is 13.0. The van der Waals surface area contributed by atoms with Gasteiger partial charge < -0.3 is 14.4 Å². The first-order valence-corrected chi connectivity index (χ1v) is 8.34. The van der Waals surface area contributed by atoms with Crippen LogP contribution in [0.4, 0.5) is 0 Å². The van der Waals surface area contributed by atoms with E-state index < -0.39 is 0 Å². The third-order valence-corrected chi connectivity index (χ3v) is 5.53. The molecule has 3 rings (SSSR count). The maximum absolute atomic E-state index is 5.51. The summed E-state index contributed by atoms with van der Waals surface area (Å²) in [5.41, 5.74) is 0.574. The molecule has 116 valence electrons. The first kappa shape index (κ1) is 14.8. The molecule has 4 nitrogen and oxygen atoms in total. The summed E-state index contributed by atoms with van der Waals surface area (Å²) >= 11 is 0. The van der Waals surface area contributed by atoms with Gasteiger partial charge >= 0.3 is 0 Å². The monoisotopic (exact) mass is 282 g/mol. The Morgan fingerprint density at radius 2 is 2.00 bits per heavy atom. The van der Waals surface area contributed by atoms with E-state index in [1.807, 2.05) is 7.11 Å². The summed E-state index contributed by atoms with van der Waals surface area (Å²) in [6, 6.07) is 0.789. The van der Waals surface area contributed by atoms with Crippen LogP contribution < -0.4 is 0 Å². The lowest BCUT2D eigenvalue weighted by Crippen LogP contribution is -2.47. The molecule has 0 unspecified atom stereocenters. The van der Waals surface area contributed by atoms with Gasteiger partial charge in [0.05, 0.1) is 6.61 Å². The second-order valence-corrected chi connectivity index (χ2v) is 6.94. The van der Waals surface area contributed by atoms with Crippen LogP contribution in [0.1, 0.15) is 32.1 Å². The van der Waals surface area contributed by atoms with Crippen molar-refractivity contribution in [2.24, 2.45) is 5.41 Å². The predicted molar refractivity (Wildman–Crippen MR) is 80.0 cm³/mol. The van der Waals surface area contributed by atoms with Crippen molar-refractivity contribution in [1.82, 2.24) is 9.80 Å². The summed E-state index contributed by atoms with van der Waals surface area (Å²) in [5.74, 6) is 0. The van der Waals surface area contributed by atoms with Crippen LogP contribution in [0.15, 0.2) is 0 Å². The Labute approximate surface area is 123 Å². The van der Waals surface area contributed by atoms with E-state index in [-0.39, 0.29) is 0 Å². The van der Waals surface area contributed by atoms with Crippen LogP contribution in [-0.2, 0) is 9.47 Å². The molecular weight excluding hydrogens is 252 g/mol. The molecule has 3 fully saturated rings. The van der Waals surface area contributed by atoms with Crippen molar-refractivity contribution in [2.75, 3.05) is 59.7 Å². The Balaban J connectivity index is 1.54. The second-order valence-electron chi connectivity index (χ2n) is 6.94. The first-order valence-electron chi connectivity index (χ1n) is 8.34. The third kappa shape index (κ3) is 3.35. The van der Waals surface area contributed by atoms with Crippen LogP contribution >= 0.6 is 0 Å². The number of rotatable bonds is 4. The summed E-state index contributed by atoms with van der Waals surface area (Å²) in [6.07, 6.45) is 6.67. The van der Waals surface area contributed by atoms with Gasteiger partial charge in [0.1, 0.15) is 0 Å². The largest absolute Gasteiger partial charge is 0.383 e. The highest BCUT2D eigenvalue weighted by atomic mass is 16.5. The minimum absolute atomic E-state index is 0.574. The van der Waals surface area contributed by atoms with Crippen LogP contribution in [0.3, 0.4) is 0 Å². The van der Waals surface area contributed by atoms with Crippen molar-refractivity contribution in [3.05, 3.63) is 0 Å². The van der Waals surface area contributed by atoms with E-state index in [2.05, 4.69) is 9.80 Å². The molecular formula is C16H30N2O2. The first-order chi connectivity index (χ1) is 9.81. The average Bonchev–Trinajstić information content (AvgIpc) is 2.90. The summed E-state index contributed by atoms with van der Waals surface area (Å²) in [5, 5.41) is 0. The van der Waals surface area contributed by atoms with E-state index in [1.54, 1.807) is 0 Å². The van der Waals surface area contributed by atoms with Crippen LogP contribution in [-0.4, -0.2) is 75.5 Å². The minimum atomic E-state index is 0.574. The molecule has 3 heterocycles. The summed E-state index contributed by atoms with van der Waals surface area (Å²) in [6.45, 7) is 9.10. The molecule has 4 heteroatoms. The average molecular weight is 282 g/mol. The van der Waals surface area contributed by atoms with Gasteiger partial charge in [0.15, 0.2) is 0 Å². The number of likely N-dealkylation sites (tertiary alicyclic amines) is 2. The Morgan fingerprint density at radius 1 is 1.15 bits per heavy atom. The smallest absolute Gasteiger partial charge is 0.0589 e. The molecule has 0 bridgehead atoms. The number of hydrogen-bond donors (Lipinski definition) is 0. The Bertz CT molecular complexity index is 307. The fourth-order valence-corrected chi connectivity index (χ4v) is 4.39. The SMILES string of the molecule is COCCN1CCC[C@]2(CCN(C3CCOCC3)C2)C1. The van der Waals surface area contributed by atoms with E-state index in [4.69, 9.17) is 9.47 Å². The molecule has 20 heavy (non-hydrogen) atoms. The molecule has 0 aromatic carbocycles. The van der Waals surface area contributed by atoms with Crippen molar-refractivity contribution in [2.45, 2.75) is 38.1 Å². The predicted octanol–water partition coefficient (Wildman–Crippen LogP) is 1.60. The Kier molecular flexibility index (Phi) is 4.97. The molecule has 3 aliphatic heterocycles. The van der Waals surface area contributed by atoms with Gasteiger partial charge in [0, 0.05) is 46.0 Å². The fraction of sp³-hybridized carbons (Fsp3) is 1.00. The molecule has 0 aromatic rings. The van der Waals surface area contributed by atoms with E-state index in [0.717, 1.165) is 32.4 Å². The highest BCUT2D eigenvalue weighted by Gasteiger charge is 2.42. The maximum Gasteiger partial charge on any atom is 0.0589 e. The summed E-state index contributed by atoms with van der Waals surface area (Å²) in [4.78, 5) is 5.39. The van der Waals surface area contributed by atoms with E-state index in [1.165, 1.54) is 58.3 Å². The fourth-order valence-electron chi connectivity index (χ4n) is 4.39. The normalized spacial score (nSPS) is 34.0. The van der Waals surface area contributed by atoms with Crippen molar-refractivity contribution in [3.8, 4) is 0 Å². The van der Waals surface area contributed by atoms with Crippen molar-refractivity contribution < 1.29 is 9.47 Å². The van der Waals surface area contributed by atoms with E-state index >= 15 is 0 Å². The molecule has 3 saturated heterocycles. The van der Waals surface area contributed by atoms with Gasteiger partial charge in [-0.15, -0.1) is 0 Å². The number of methoxy groups -OCH3 is 1. The lowest BCUT2D eigenvalue weighted by Gasteiger charge is -2.41. The van der Waals surface area contributed by atoms with E-state index in [9.17, 15) is 0 Å². The Morgan fingerprint density at radius 3 is 2.80 bits per heavy atom. The number of ether oxygens (including phenoxy) is 2. The van der Waals surface area contributed by atoms with Crippen LogP contribution in [0.5, 0.6) is 0 Å². The van der Waals surface area contributed by atoms with Gasteiger partial charge in [-0.25, -0.2) is 0 Å². The molecule has 0 radical (unpaired) electrons. The maximum atomic E-state index is 5.51. The van der Waals surface area contributed by atoms with Gasteiger partial charge in [-0.05, 0) is 50.6 Å². The quantitative estimate of drug-likeness (QED) is 0.782. The van der Waals surface area contributed by atoms with Crippen LogP contribution in [0, 0.1) is 5.41 Å². The van der Waals surface area contributed by atoms with Gasteiger partial charge in [-0.2, -0.15) is 0 Å². The minimum Gasteiger partial charge on any atom is -0.383 e. The molecule has 1 atom stereocenters. The molecule has 0 N–H and O–H groups in total. The standard InChI is InChI=1S/C16H30N2O2/c1-19-12-9-17-7-2-5-16(13-17)6-8-18(14-16)15-3-10-20-11-4-15/h15H,2-14H2,1H3/t16-/m0/s1. The molecule has 0 aromatic heterocycles. The Hall–Kier alpha value is -0.160. The number of nitrogens with zero attached hydrogens (tertiary/aromatic N) is 2. The summed E-state index contributed by atoms with van der Waals surface area (Å²) < 4.78 is 10.8. The molecule has 0 aliphatic carbocycles. The van der Waals surface area contributed by atoms with Gasteiger partial charge in [-0.3, -0.25) is 4.90 Å².